The van der Waals surface area contributed by atoms with Crippen LogP contribution in [0, 0.1) is 0 Å². The lowest BCUT2D eigenvalue weighted by Crippen LogP contribution is -2.50. The minimum Gasteiger partial charge on any atom is -0.355 e. The second kappa shape index (κ2) is 10.4. The zero-order valence-corrected chi connectivity index (χ0v) is 17.3. The number of benzene rings is 1. The molecule has 5 nitrogen and oxygen atoms in total. The van der Waals surface area contributed by atoms with Crippen molar-refractivity contribution in [1.29, 1.82) is 0 Å². The van der Waals surface area contributed by atoms with Crippen LogP contribution >= 0.6 is 11.3 Å². The number of rotatable bonds is 8. The van der Waals surface area contributed by atoms with E-state index in [-0.39, 0.29) is 11.8 Å². The maximum atomic E-state index is 12.4. The summed E-state index contributed by atoms with van der Waals surface area (Å²) >= 11 is 1.49. The molecule has 28 heavy (non-hydrogen) atoms. The molecule has 1 aliphatic rings. The van der Waals surface area contributed by atoms with Crippen LogP contribution in [0.2, 0.25) is 0 Å². The summed E-state index contributed by atoms with van der Waals surface area (Å²) in [5.74, 6) is 0.237. The summed E-state index contributed by atoms with van der Waals surface area (Å²) < 4.78 is 0. The number of hydrogen-bond acceptors (Lipinski definition) is 4. The van der Waals surface area contributed by atoms with Gasteiger partial charge in [0.15, 0.2) is 0 Å². The molecule has 0 spiro atoms. The monoisotopic (exact) mass is 399 g/mol. The van der Waals surface area contributed by atoms with E-state index < -0.39 is 0 Å². The first-order chi connectivity index (χ1) is 13.7. The SMILES string of the molecule is CCc1ccc(CCC(=O)NCCN2CCN(C(=O)c3cccs3)CC2)cc1. The molecule has 6 heteroatoms. The van der Waals surface area contributed by atoms with Gasteiger partial charge in [-0.25, -0.2) is 0 Å². The molecule has 2 amide bonds. The van der Waals surface area contributed by atoms with Crippen LogP contribution in [0.1, 0.15) is 34.1 Å². The summed E-state index contributed by atoms with van der Waals surface area (Å²) in [7, 11) is 0. The van der Waals surface area contributed by atoms with Gasteiger partial charge in [-0.2, -0.15) is 0 Å². The number of carbonyl (C=O) groups is 2. The van der Waals surface area contributed by atoms with Gasteiger partial charge in [-0.1, -0.05) is 37.3 Å². The van der Waals surface area contributed by atoms with E-state index in [1.54, 1.807) is 0 Å². The van der Waals surface area contributed by atoms with E-state index >= 15 is 0 Å². The highest BCUT2D eigenvalue weighted by atomic mass is 32.1. The van der Waals surface area contributed by atoms with E-state index in [2.05, 4.69) is 41.4 Å². The molecule has 0 atom stereocenters. The van der Waals surface area contributed by atoms with Crippen molar-refractivity contribution >= 4 is 23.2 Å². The third-order valence-electron chi connectivity index (χ3n) is 5.21. The Labute approximate surface area is 171 Å². The maximum Gasteiger partial charge on any atom is 0.264 e. The van der Waals surface area contributed by atoms with Crippen LogP contribution in [-0.2, 0) is 17.6 Å². The molecule has 2 heterocycles. The minimum atomic E-state index is 0.103. The Balaban J connectivity index is 1.30. The first-order valence-corrected chi connectivity index (χ1v) is 10.9. The van der Waals surface area contributed by atoms with Crippen molar-refractivity contribution in [1.82, 2.24) is 15.1 Å². The Kier molecular flexibility index (Phi) is 7.62. The lowest BCUT2D eigenvalue weighted by Gasteiger charge is -2.34. The lowest BCUT2D eigenvalue weighted by atomic mass is 10.1. The van der Waals surface area contributed by atoms with Gasteiger partial charge in [0.25, 0.3) is 5.91 Å². The molecule has 0 radical (unpaired) electrons. The first kappa shape index (κ1) is 20.6. The first-order valence-electron chi connectivity index (χ1n) is 10.1. The number of amides is 2. The van der Waals surface area contributed by atoms with Gasteiger partial charge in [-0.3, -0.25) is 14.5 Å². The summed E-state index contributed by atoms with van der Waals surface area (Å²) in [6, 6.07) is 12.3. The van der Waals surface area contributed by atoms with Gasteiger partial charge in [0.05, 0.1) is 4.88 Å². The fourth-order valence-corrected chi connectivity index (χ4v) is 4.06. The van der Waals surface area contributed by atoms with E-state index in [0.717, 1.165) is 50.4 Å². The average molecular weight is 400 g/mol. The third kappa shape index (κ3) is 5.91. The normalized spacial score (nSPS) is 14.8. The fourth-order valence-electron chi connectivity index (χ4n) is 3.37. The molecule has 0 aliphatic carbocycles. The van der Waals surface area contributed by atoms with Crippen LogP contribution in [0.5, 0.6) is 0 Å². The molecule has 0 unspecified atom stereocenters. The van der Waals surface area contributed by atoms with Gasteiger partial charge in [-0.15, -0.1) is 11.3 Å². The molecule has 1 fully saturated rings. The van der Waals surface area contributed by atoms with Crippen LogP contribution in [0.3, 0.4) is 0 Å². The molecular formula is C22H29N3O2S. The van der Waals surface area contributed by atoms with Crippen LogP contribution in [-0.4, -0.2) is 60.9 Å². The average Bonchev–Trinajstić information content (AvgIpc) is 3.27. The summed E-state index contributed by atoms with van der Waals surface area (Å²) in [4.78, 5) is 29.5. The Morgan fingerprint density at radius 1 is 1.04 bits per heavy atom. The molecule has 3 rings (SSSR count). The topological polar surface area (TPSA) is 52.7 Å². The predicted molar refractivity (Wildman–Crippen MR) is 114 cm³/mol. The van der Waals surface area contributed by atoms with E-state index in [4.69, 9.17) is 0 Å². The van der Waals surface area contributed by atoms with E-state index in [1.807, 2.05) is 22.4 Å². The van der Waals surface area contributed by atoms with Gasteiger partial charge in [-0.05, 0) is 35.4 Å². The van der Waals surface area contributed by atoms with Crippen LogP contribution in [0.15, 0.2) is 41.8 Å². The van der Waals surface area contributed by atoms with Gasteiger partial charge in [0.2, 0.25) is 5.91 Å². The van der Waals surface area contributed by atoms with Crippen LogP contribution < -0.4 is 5.32 Å². The highest BCUT2D eigenvalue weighted by molar-refractivity contribution is 7.12. The number of aryl methyl sites for hydroxylation is 2. The van der Waals surface area contributed by atoms with Crippen molar-refractivity contribution in [2.24, 2.45) is 0 Å². The molecule has 150 valence electrons. The molecule has 1 N–H and O–H groups in total. The van der Waals surface area contributed by atoms with Crippen molar-refractivity contribution in [3.05, 3.63) is 57.8 Å². The highest BCUT2D eigenvalue weighted by Crippen LogP contribution is 2.13. The molecule has 2 aromatic rings. The van der Waals surface area contributed by atoms with E-state index in [9.17, 15) is 9.59 Å². The Morgan fingerprint density at radius 2 is 1.75 bits per heavy atom. The number of nitrogens with zero attached hydrogens (tertiary/aromatic N) is 2. The summed E-state index contributed by atoms with van der Waals surface area (Å²) in [5, 5.41) is 4.96. The zero-order valence-electron chi connectivity index (χ0n) is 16.5. The standard InChI is InChI=1S/C22H29N3O2S/c1-2-18-5-7-19(8-6-18)9-10-21(26)23-11-12-24-13-15-25(16-14-24)22(27)20-4-3-17-28-20/h3-8,17H,2,9-16H2,1H3,(H,23,26). The Bertz CT molecular complexity index is 751. The highest BCUT2D eigenvalue weighted by Gasteiger charge is 2.22. The van der Waals surface area contributed by atoms with E-state index in [1.165, 1.54) is 22.5 Å². The van der Waals surface area contributed by atoms with Gasteiger partial charge < -0.3 is 10.2 Å². The molecule has 1 saturated heterocycles. The van der Waals surface area contributed by atoms with Crippen LogP contribution in [0.25, 0.3) is 0 Å². The number of thiophene rings is 1. The quantitative estimate of drug-likeness (QED) is 0.743. The smallest absolute Gasteiger partial charge is 0.264 e. The van der Waals surface area contributed by atoms with Crippen molar-refractivity contribution in [3.63, 3.8) is 0 Å². The number of carbonyl (C=O) groups excluding carboxylic acids is 2. The number of hydrogen-bond donors (Lipinski definition) is 1. The zero-order chi connectivity index (χ0) is 19.8. The molecule has 1 aromatic carbocycles. The van der Waals surface area contributed by atoms with Crippen molar-refractivity contribution < 1.29 is 9.59 Å². The predicted octanol–water partition coefficient (Wildman–Crippen LogP) is 2.82. The van der Waals surface area contributed by atoms with Gasteiger partial charge >= 0.3 is 0 Å². The maximum absolute atomic E-state index is 12.4. The molecule has 0 bridgehead atoms. The van der Waals surface area contributed by atoms with Crippen molar-refractivity contribution in [2.45, 2.75) is 26.2 Å². The summed E-state index contributed by atoms with van der Waals surface area (Å²) in [6.45, 7) is 6.85. The second-order valence-electron chi connectivity index (χ2n) is 7.13. The number of nitrogens with one attached hydrogen (secondary N) is 1. The van der Waals surface area contributed by atoms with Crippen molar-refractivity contribution in [2.75, 3.05) is 39.3 Å². The second-order valence-corrected chi connectivity index (χ2v) is 8.08. The molecule has 0 saturated carbocycles. The van der Waals surface area contributed by atoms with Gasteiger partial charge in [0.1, 0.15) is 0 Å². The van der Waals surface area contributed by atoms with Crippen LogP contribution in [0.4, 0.5) is 0 Å². The fraction of sp³-hybridized carbons (Fsp3) is 0.455. The summed E-state index contributed by atoms with van der Waals surface area (Å²) in [6.07, 6.45) is 2.34. The molecular weight excluding hydrogens is 370 g/mol. The third-order valence-corrected chi connectivity index (χ3v) is 6.07. The largest absolute Gasteiger partial charge is 0.355 e. The lowest BCUT2D eigenvalue weighted by molar-refractivity contribution is -0.121. The molecule has 1 aromatic heterocycles. The minimum absolute atomic E-state index is 0.103. The number of piperazine rings is 1. The van der Waals surface area contributed by atoms with Crippen molar-refractivity contribution in [3.8, 4) is 0 Å². The van der Waals surface area contributed by atoms with Gasteiger partial charge in [0, 0.05) is 45.7 Å². The Hall–Kier alpha value is -2.18. The van der Waals surface area contributed by atoms with E-state index in [0.29, 0.717) is 13.0 Å². The Morgan fingerprint density at radius 3 is 2.39 bits per heavy atom. The molecule has 1 aliphatic heterocycles. The summed E-state index contributed by atoms with van der Waals surface area (Å²) in [5.41, 5.74) is 2.53.